The van der Waals surface area contributed by atoms with Crippen molar-refractivity contribution in [2.45, 2.75) is 26.3 Å². The maximum absolute atomic E-state index is 13.5. The molecule has 0 unspecified atom stereocenters. The number of fused-ring (bicyclic) bond motifs is 1. The van der Waals surface area contributed by atoms with Gasteiger partial charge >= 0.3 is 0 Å². The van der Waals surface area contributed by atoms with Crippen molar-refractivity contribution >= 4 is 16.7 Å². The second-order valence-corrected chi connectivity index (χ2v) is 9.70. The first kappa shape index (κ1) is 27.5. The number of pyridine rings is 3. The molecule has 0 radical (unpaired) electrons. The summed E-state index contributed by atoms with van der Waals surface area (Å²) in [6, 6.07) is 14.3. The van der Waals surface area contributed by atoms with Gasteiger partial charge in [-0.3, -0.25) is 14.6 Å². The Kier molecular flexibility index (Phi) is 7.78. The van der Waals surface area contributed by atoms with E-state index in [4.69, 9.17) is 14.2 Å². The van der Waals surface area contributed by atoms with Crippen molar-refractivity contribution in [2.75, 3.05) is 14.2 Å². The van der Waals surface area contributed by atoms with E-state index in [1.807, 2.05) is 18.4 Å². The van der Waals surface area contributed by atoms with Gasteiger partial charge in [-0.25, -0.2) is 9.37 Å². The number of ether oxygens (including phenoxy) is 3. The Balaban J connectivity index is 1.39. The van der Waals surface area contributed by atoms with Gasteiger partial charge in [0.2, 0.25) is 5.88 Å². The molecule has 0 spiro atoms. The third kappa shape index (κ3) is 5.79. The molecule has 8 nitrogen and oxygen atoms in total. The molecule has 5 rings (SSSR count). The Bertz CT molecular complexity index is 1780. The van der Waals surface area contributed by atoms with Gasteiger partial charge in [0.25, 0.3) is 0 Å². The molecule has 0 saturated carbocycles. The lowest BCUT2D eigenvalue weighted by atomic mass is 10.00. The number of Topliss-reactive ketones (excluding diaryl/α,β-unsaturated/α-hetero) is 1. The van der Waals surface area contributed by atoms with E-state index in [9.17, 15) is 14.0 Å². The Morgan fingerprint density at radius 2 is 1.66 bits per heavy atom. The summed E-state index contributed by atoms with van der Waals surface area (Å²) >= 11 is 0. The number of carbonyl (C=O) groups is 1. The number of hydrogen-bond acceptors (Lipinski definition) is 7. The number of nitrogens with zero attached hydrogens (tertiary/aromatic N) is 3. The van der Waals surface area contributed by atoms with Crippen LogP contribution in [0.15, 0.2) is 84.2 Å². The maximum Gasteiger partial charge on any atom is 0.219 e. The third-order valence-electron chi connectivity index (χ3n) is 6.68. The number of ketones is 1. The van der Waals surface area contributed by atoms with E-state index in [0.717, 1.165) is 0 Å². The minimum Gasteiger partial charge on any atom is -0.493 e. The lowest BCUT2D eigenvalue weighted by Crippen LogP contribution is -2.22. The summed E-state index contributed by atoms with van der Waals surface area (Å²) in [6.45, 7) is 3.91. The molecule has 0 fully saturated rings. The molecule has 0 aliphatic heterocycles. The lowest BCUT2D eigenvalue weighted by Gasteiger charge is -2.15. The second-order valence-electron chi connectivity index (χ2n) is 9.70. The molecule has 0 atom stereocenters. The van der Waals surface area contributed by atoms with E-state index in [2.05, 4.69) is 9.97 Å². The van der Waals surface area contributed by atoms with Gasteiger partial charge in [0.15, 0.2) is 22.7 Å². The second kappa shape index (κ2) is 11.6. The Morgan fingerprint density at radius 1 is 0.927 bits per heavy atom. The van der Waals surface area contributed by atoms with Crippen LogP contribution in [-0.2, 0) is 6.42 Å². The van der Waals surface area contributed by atoms with Crippen LogP contribution in [-0.4, -0.2) is 34.5 Å². The summed E-state index contributed by atoms with van der Waals surface area (Å²) in [7, 11) is 3.11. The molecule has 0 saturated heterocycles. The molecule has 5 aromatic rings. The number of methoxy groups -OCH3 is 2. The predicted molar refractivity (Wildman–Crippen MR) is 154 cm³/mol. The highest BCUT2D eigenvalue weighted by Crippen LogP contribution is 2.36. The smallest absolute Gasteiger partial charge is 0.219 e. The Labute approximate surface area is 236 Å². The monoisotopic (exact) mass is 553 g/mol. The molecule has 41 heavy (non-hydrogen) atoms. The number of carbonyl (C=O) groups excluding carboxylic acids is 1. The van der Waals surface area contributed by atoms with E-state index >= 15 is 0 Å². The summed E-state index contributed by atoms with van der Waals surface area (Å²) < 4.78 is 32.1. The van der Waals surface area contributed by atoms with Crippen molar-refractivity contribution in [3.8, 4) is 34.3 Å². The number of rotatable bonds is 9. The van der Waals surface area contributed by atoms with Crippen molar-refractivity contribution in [3.05, 3.63) is 107 Å². The van der Waals surface area contributed by atoms with E-state index in [1.54, 1.807) is 69.3 Å². The van der Waals surface area contributed by atoms with E-state index in [-0.39, 0.29) is 23.8 Å². The fourth-order valence-corrected chi connectivity index (χ4v) is 4.44. The summed E-state index contributed by atoms with van der Waals surface area (Å²) in [5.41, 5.74) is 1.83. The minimum absolute atomic E-state index is 0.00442. The van der Waals surface area contributed by atoms with Crippen LogP contribution in [0.3, 0.4) is 0 Å². The zero-order valence-electron chi connectivity index (χ0n) is 23.1. The van der Waals surface area contributed by atoms with Gasteiger partial charge in [0.05, 0.1) is 25.3 Å². The summed E-state index contributed by atoms with van der Waals surface area (Å²) in [5, 5.41) is 0.716. The molecule has 0 amide bonds. The van der Waals surface area contributed by atoms with Crippen molar-refractivity contribution in [1.82, 2.24) is 14.5 Å². The first-order valence-corrected chi connectivity index (χ1v) is 13.0. The minimum atomic E-state index is -0.401. The molecule has 0 aliphatic carbocycles. The summed E-state index contributed by atoms with van der Waals surface area (Å²) in [4.78, 5) is 35.4. The van der Waals surface area contributed by atoms with E-state index in [1.165, 1.54) is 24.3 Å². The van der Waals surface area contributed by atoms with Crippen molar-refractivity contribution in [3.63, 3.8) is 0 Å². The van der Waals surface area contributed by atoms with Crippen LogP contribution in [0.25, 0.3) is 22.0 Å². The molecule has 0 aliphatic rings. The SMILES string of the molecule is COc1cc2nccc(Oc3ccc(CC(=O)c4cn(C(C)C)cc(-c5ccc(F)cc5)c4=O)cn3)c2cc1OC. The zero-order valence-corrected chi connectivity index (χ0v) is 23.1. The standard InChI is InChI=1S/C32H28FN3O5/c1-19(2)36-17-24(21-6-8-22(33)9-7-21)32(38)25(18-36)27(37)13-20-5-10-31(35-16-20)41-28-11-12-34-26-15-30(40-4)29(39-3)14-23(26)28/h5-12,14-19H,13H2,1-4H3. The van der Waals surface area contributed by atoms with Gasteiger partial charge < -0.3 is 18.8 Å². The third-order valence-corrected chi connectivity index (χ3v) is 6.68. The molecular weight excluding hydrogens is 525 g/mol. The van der Waals surface area contributed by atoms with Crippen molar-refractivity contribution < 1.29 is 23.4 Å². The first-order valence-electron chi connectivity index (χ1n) is 13.0. The highest BCUT2D eigenvalue weighted by molar-refractivity contribution is 5.98. The Morgan fingerprint density at radius 3 is 2.32 bits per heavy atom. The van der Waals surface area contributed by atoms with E-state index in [0.29, 0.717) is 50.7 Å². The van der Waals surface area contributed by atoms with Crippen LogP contribution in [0.2, 0.25) is 0 Å². The molecule has 3 heterocycles. The normalized spacial score (nSPS) is 11.1. The van der Waals surface area contributed by atoms with Gasteiger partial charge in [0, 0.05) is 60.3 Å². The van der Waals surface area contributed by atoms with Crippen LogP contribution in [0, 0.1) is 5.82 Å². The summed E-state index contributed by atoms with van der Waals surface area (Å²) in [5.74, 6) is 1.20. The van der Waals surface area contributed by atoms with Crippen LogP contribution in [0.4, 0.5) is 4.39 Å². The molecule has 208 valence electrons. The van der Waals surface area contributed by atoms with Crippen LogP contribution >= 0.6 is 0 Å². The molecule has 9 heteroatoms. The number of aromatic nitrogens is 3. The first-order chi connectivity index (χ1) is 19.8. The largest absolute Gasteiger partial charge is 0.493 e. The van der Waals surface area contributed by atoms with Gasteiger partial charge in [-0.2, -0.15) is 0 Å². The number of benzene rings is 2. The quantitative estimate of drug-likeness (QED) is 0.195. The molecule has 2 aromatic carbocycles. The molecule has 0 N–H and O–H groups in total. The van der Waals surface area contributed by atoms with Crippen LogP contribution < -0.4 is 19.6 Å². The van der Waals surface area contributed by atoms with Crippen molar-refractivity contribution in [2.24, 2.45) is 0 Å². The van der Waals surface area contributed by atoms with Crippen LogP contribution in [0.5, 0.6) is 23.1 Å². The van der Waals surface area contributed by atoms with Gasteiger partial charge in [-0.1, -0.05) is 18.2 Å². The maximum atomic E-state index is 13.5. The van der Waals surface area contributed by atoms with Gasteiger partial charge in [-0.05, 0) is 49.2 Å². The average Bonchev–Trinajstić information content (AvgIpc) is 2.98. The molecule has 3 aromatic heterocycles. The fourth-order valence-electron chi connectivity index (χ4n) is 4.44. The molecule has 0 bridgehead atoms. The lowest BCUT2D eigenvalue weighted by molar-refractivity contribution is 0.0991. The zero-order chi connectivity index (χ0) is 29.1. The van der Waals surface area contributed by atoms with E-state index < -0.39 is 11.2 Å². The van der Waals surface area contributed by atoms with Crippen molar-refractivity contribution in [1.29, 1.82) is 0 Å². The highest BCUT2D eigenvalue weighted by atomic mass is 19.1. The number of halogens is 1. The molecular formula is C32H28FN3O5. The highest BCUT2D eigenvalue weighted by Gasteiger charge is 2.18. The number of hydrogen-bond donors (Lipinski definition) is 0. The van der Waals surface area contributed by atoms with Gasteiger partial charge in [0.1, 0.15) is 11.6 Å². The summed E-state index contributed by atoms with van der Waals surface area (Å²) in [6.07, 6.45) is 6.42. The fraction of sp³-hybridized carbons (Fsp3) is 0.188. The predicted octanol–water partition coefficient (Wildman–Crippen LogP) is 6.41. The average molecular weight is 554 g/mol. The van der Waals surface area contributed by atoms with Gasteiger partial charge in [-0.15, -0.1) is 0 Å². The topological polar surface area (TPSA) is 92.5 Å². The van der Waals surface area contributed by atoms with Crippen LogP contribution in [0.1, 0.15) is 35.8 Å². The Hall–Kier alpha value is -5.05.